The number of carbonyl (C=O) groups excluding carboxylic acids is 1. The van der Waals surface area contributed by atoms with Crippen LogP contribution in [0, 0.1) is 16.7 Å². The summed E-state index contributed by atoms with van der Waals surface area (Å²) in [6.07, 6.45) is 7.15. The molecule has 0 bridgehead atoms. The summed E-state index contributed by atoms with van der Waals surface area (Å²) in [7, 11) is 0. The largest absolute Gasteiger partial charge is 0.481 e. The van der Waals surface area contributed by atoms with Crippen LogP contribution in [0.2, 0.25) is 0 Å². The van der Waals surface area contributed by atoms with Gasteiger partial charge in [-0.3, -0.25) is 9.59 Å². The molecule has 4 heteroatoms. The van der Waals surface area contributed by atoms with Crippen molar-refractivity contribution in [1.82, 2.24) is 5.32 Å². The van der Waals surface area contributed by atoms with E-state index in [1.165, 1.54) is 19.3 Å². The van der Waals surface area contributed by atoms with Gasteiger partial charge in [-0.2, -0.15) is 0 Å². The number of carboxylic acids is 1. The van der Waals surface area contributed by atoms with E-state index < -0.39 is 11.4 Å². The van der Waals surface area contributed by atoms with E-state index >= 15 is 0 Å². The first kappa shape index (κ1) is 15.3. The smallest absolute Gasteiger partial charge is 0.310 e. The van der Waals surface area contributed by atoms with E-state index in [-0.39, 0.29) is 17.7 Å². The van der Waals surface area contributed by atoms with Crippen molar-refractivity contribution in [2.45, 2.75) is 65.2 Å². The summed E-state index contributed by atoms with van der Waals surface area (Å²) in [6.45, 7) is 5.16. The summed E-state index contributed by atoms with van der Waals surface area (Å²) in [4.78, 5) is 23.3. The standard InChI is InChI=1S/C16H27NO3/c1-12(2)9-15(5-3-6-15)11-17-13(18)10-16(14(19)20)7-4-8-16/h12H,3-11H2,1-2H3,(H,17,18)(H,19,20). The van der Waals surface area contributed by atoms with Crippen molar-refractivity contribution in [2.75, 3.05) is 6.54 Å². The molecule has 0 aliphatic heterocycles. The first-order valence-corrected chi connectivity index (χ1v) is 7.88. The minimum absolute atomic E-state index is 0.0814. The minimum atomic E-state index is -0.806. The molecule has 2 fully saturated rings. The van der Waals surface area contributed by atoms with Crippen LogP contribution in [0.1, 0.15) is 65.2 Å². The van der Waals surface area contributed by atoms with E-state index in [2.05, 4.69) is 19.2 Å². The van der Waals surface area contributed by atoms with Crippen molar-refractivity contribution in [3.8, 4) is 0 Å². The van der Waals surface area contributed by atoms with Gasteiger partial charge in [-0.05, 0) is 43.4 Å². The Labute approximate surface area is 121 Å². The van der Waals surface area contributed by atoms with Gasteiger partial charge >= 0.3 is 5.97 Å². The number of amides is 1. The van der Waals surface area contributed by atoms with Crippen LogP contribution >= 0.6 is 0 Å². The number of hydrogen-bond donors (Lipinski definition) is 2. The number of rotatable bonds is 7. The SMILES string of the molecule is CC(C)CC1(CNC(=O)CC2(C(=O)O)CCC2)CCC1. The van der Waals surface area contributed by atoms with Gasteiger partial charge in [-0.25, -0.2) is 0 Å². The monoisotopic (exact) mass is 281 g/mol. The number of aliphatic carboxylic acids is 1. The second-order valence-electron chi connectivity index (χ2n) is 7.34. The summed E-state index contributed by atoms with van der Waals surface area (Å²) in [5, 5.41) is 12.3. The van der Waals surface area contributed by atoms with Crippen LogP contribution in [-0.4, -0.2) is 23.5 Å². The fourth-order valence-corrected chi connectivity index (χ4v) is 3.72. The van der Waals surface area contributed by atoms with Gasteiger partial charge < -0.3 is 10.4 Å². The lowest BCUT2D eigenvalue weighted by molar-refractivity contribution is -0.157. The van der Waals surface area contributed by atoms with Gasteiger partial charge in [-0.15, -0.1) is 0 Å². The average Bonchev–Trinajstić information content (AvgIpc) is 2.26. The molecular formula is C16H27NO3. The van der Waals surface area contributed by atoms with E-state index in [4.69, 9.17) is 0 Å². The number of nitrogens with one attached hydrogen (secondary N) is 1. The van der Waals surface area contributed by atoms with Crippen molar-refractivity contribution in [3.63, 3.8) is 0 Å². The molecule has 2 aliphatic carbocycles. The van der Waals surface area contributed by atoms with E-state index in [1.54, 1.807) is 0 Å². The molecule has 0 atom stereocenters. The first-order chi connectivity index (χ1) is 9.38. The van der Waals surface area contributed by atoms with Gasteiger partial charge in [0.05, 0.1) is 5.41 Å². The Hall–Kier alpha value is -1.06. The minimum Gasteiger partial charge on any atom is -0.481 e. The van der Waals surface area contributed by atoms with Crippen LogP contribution in [0.15, 0.2) is 0 Å². The van der Waals surface area contributed by atoms with Crippen LogP contribution in [0.4, 0.5) is 0 Å². The highest BCUT2D eigenvalue weighted by Gasteiger charge is 2.46. The van der Waals surface area contributed by atoms with Crippen molar-refractivity contribution in [3.05, 3.63) is 0 Å². The Morgan fingerprint density at radius 3 is 2.10 bits per heavy atom. The molecule has 0 unspecified atom stereocenters. The molecule has 0 radical (unpaired) electrons. The molecule has 0 aromatic heterocycles. The molecule has 2 rings (SSSR count). The summed E-state index contributed by atoms with van der Waals surface area (Å²) in [5.74, 6) is -0.245. The van der Waals surface area contributed by atoms with E-state index in [0.29, 0.717) is 18.8 Å². The molecule has 0 aromatic rings. The maximum atomic E-state index is 12.1. The fourth-order valence-electron chi connectivity index (χ4n) is 3.72. The van der Waals surface area contributed by atoms with E-state index in [0.717, 1.165) is 19.4 Å². The van der Waals surface area contributed by atoms with Crippen LogP contribution in [0.25, 0.3) is 0 Å². The molecule has 20 heavy (non-hydrogen) atoms. The lowest BCUT2D eigenvalue weighted by Gasteiger charge is -2.44. The average molecular weight is 281 g/mol. The quantitative estimate of drug-likeness (QED) is 0.754. The molecule has 2 saturated carbocycles. The van der Waals surface area contributed by atoms with Crippen molar-refractivity contribution >= 4 is 11.9 Å². The second kappa shape index (κ2) is 5.74. The lowest BCUT2D eigenvalue weighted by atomic mass is 9.64. The molecule has 2 N–H and O–H groups in total. The third-order valence-corrected chi connectivity index (χ3v) is 5.18. The van der Waals surface area contributed by atoms with Gasteiger partial charge in [-0.1, -0.05) is 26.7 Å². The van der Waals surface area contributed by atoms with Gasteiger partial charge in [0.15, 0.2) is 0 Å². The normalized spacial score (nSPS) is 22.8. The zero-order valence-corrected chi connectivity index (χ0v) is 12.7. The van der Waals surface area contributed by atoms with Crippen molar-refractivity contribution in [1.29, 1.82) is 0 Å². The van der Waals surface area contributed by atoms with Crippen LogP contribution in [-0.2, 0) is 9.59 Å². The Kier molecular flexibility index (Phi) is 4.40. The van der Waals surface area contributed by atoms with Crippen LogP contribution in [0.5, 0.6) is 0 Å². The predicted octanol–water partition coefficient (Wildman–Crippen LogP) is 2.96. The molecular weight excluding hydrogens is 254 g/mol. The lowest BCUT2D eigenvalue weighted by Crippen LogP contribution is -2.46. The number of carbonyl (C=O) groups is 2. The second-order valence-corrected chi connectivity index (χ2v) is 7.34. The predicted molar refractivity (Wildman–Crippen MR) is 77.3 cm³/mol. The summed E-state index contributed by atoms with van der Waals surface area (Å²) in [5.41, 5.74) is -0.491. The van der Waals surface area contributed by atoms with E-state index in [9.17, 15) is 14.7 Å². The van der Waals surface area contributed by atoms with Gasteiger partial charge in [0.1, 0.15) is 0 Å². The zero-order chi connectivity index (χ0) is 14.8. The van der Waals surface area contributed by atoms with Crippen molar-refractivity contribution < 1.29 is 14.7 Å². The Bertz CT molecular complexity index is 381. The summed E-state index contributed by atoms with van der Waals surface area (Å²) >= 11 is 0. The maximum absolute atomic E-state index is 12.1. The molecule has 0 heterocycles. The molecule has 1 amide bonds. The highest BCUT2D eigenvalue weighted by atomic mass is 16.4. The zero-order valence-electron chi connectivity index (χ0n) is 12.7. The van der Waals surface area contributed by atoms with E-state index in [1.807, 2.05) is 0 Å². The molecule has 114 valence electrons. The highest BCUT2D eigenvalue weighted by Crippen LogP contribution is 2.46. The fraction of sp³-hybridized carbons (Fsp3) is 0.875. The summed E-state index contributed by atoms with van der Waals surface area (Å²) in [6, 6.07) is 0. The maximum Gasteiger partial charge on any atom is 0.310 e. The topological polar surface area (TPSA) is 66.4 Å². The van der Waals surface area contributed by atoms with Crippen molar-refractivity contribution in [2.24, 2.45) is 16.7 Å². The summed E-state index contributed by atoms with van der Waals surface area (Å²) < 4.78 is 0. The molecule has 0 saturated heterocycles. The molecule has 2 aliphatic rings. The number of hydrogen-bond acceptors (Lipinski definition) is 2. The van der Waals surface area contributed by atoms with Crippen LogP contribution < -0.4 is 5.32 Å². The van der Waals surface area contributed by atoms with Gasteiger partial charge in [0, 0.05) is 13.0 Å². The van der Waals surface area contributed by atoms with Crippen LogP contribution in [0.3, 0.4) is 0 Å². The Balaban J connectivity index is 1.81. The third-order valence-electron chi connectivity index (χ3n) is 5.18. The number of carboxylic acid groups (broad SMARTS) is 1. The molecule has 0 aromatic carbocycles. The molecule has 0 spiro atoms. The first-order valence-electron chi connectivity index (χ1n) is 7.88. The molecule has 4 nitrogen and oxygen atoms in total. The third kappa shape index (κ3) is 3.15. The highest BCUT2D eigenvalue weighted by molar-refractivity contribution is 5.85. The Morgan fingerprint density at radius 2 is 1.75 bits per heavy atom. The van der Waals surface area contributed by atoms with Gasteiger partial charge in [0.25, 0.3) is 0 Å². The van der Waals surface area contributed by atoms with Gasteiger partial charge in [0.2, 0.25) is 5.91 Å². The Morgan fingerprint density at radius 1 is 1.15 bits per heavy atom.